The van der Waals surface area contributed by atoms with Gasteiger partial charge in [0.2, 0.25) is 0 Å². The highest BCUT2D eigenvalue weighted by Gasteiger charge is 2.15. The molecule has 0 amide bonds. The Balaban J connectivity index is 1.46. The van der Waals surface area contributed by atoms with Crippen molar-refractivity contribution in [2.24, 2.45) is 0 Å². The molecule has 4 aromatic rings. The Morgan fingerprint density at radius 1 is 1.19 bits per heavy atom. The zero-order chi connectivity index (χ0) is 18.8. The Morgan fingerprint density at radius 2 is 2.00 bits per heavy atom. The minimum absolute atomic E-state index is 0.00337. The molecule has 7 nitrogen and oxygen atoms in total. The largest absolute Gasteiger partial charge is 0.497 e. The molecule has 4 rings (SSSR count). The summed E-state index contributed by atoms with van der Waals surface area (Å²) in [6.45, 7) is 1.85. The first-order chi connectivity index (χ1) is 13.2. The van der Waals surface area contributed by atoms with Crippen LogP contribution < -0.4 is 4.74 Å². The maximum absolute atomic E-state index is 12.4. The second kappa shape index (κ2) is 6.95. The molecule has 0 aliphatic rings. The van der Waals surface area contributed by atoms with Crippen molar-refractivity contribution in [2.45, 2.75) is 13.5 Å². The number of aromatic nitrogens is 3. The predicted molar refractivity (Wildman–Crippen MR) is 97.5 cm³/mol. The van der Waals surface area contributed by atoms with Crippen LogP contribution in [0.15, 0.2) is 59.5 Å². The second-order valence-electron chi connectivity index (χ2n) is 6.00. The third-order valence-corrected chi connectivity index (χ3v) is 4.35. The van der Waals surface area contributed by atoms with Crippen LogP contribution in [0.5, 0.6) is 5.75 Å². The van der Waals surface area contributed by atoms with Gasteiger partial charge in [-0.05, 0) is 43.3 Å². The van der Waals surface area contributed by atoms with Gasteiger partial charge in [-0.1, -0.05) is 5.16 Å². The highest BCUT2D eigenvalue weighted by Crippen LogP contribution is 2.22. The Labute approximate surface area is 155 Å². The van der Waals surface area contributed by atoms with Gasteiger partial charge >= 0.3 is 5.97 Å². The number of benzene rings is 1. The number of ether oxygens (including phenoxy) is 2. The topological polar surface area (TPSA) is 78.9 Å². The van der Waals surface area contributed by atoms with Crippen LogP contribution in [0, 0.1) is 6.92 Å². The number of fused-ring (bicyclic) bond motifs is 1. The van der Waals surface area contributed by atoms with Crippen LogP contribution in [-0.4, -0.2) is 27.6 Å². The number of esters is 1. The summed E-state index contributed by atoms with van der Waals surface area (Å²) in [6, 6.07) is 12.8. The quantitative estimate of drug-likeness (QED) is 0.504. The van der Waals surface area contributed by atoms with E-state index in [1.165, 1.54) is 0 Å². The second-order valence-corrected chi connectivity index (χ2v) is 6.00. The van der Waals surface area contributed by atoms with Crippen molar-refractivity contribution in [3.8, 4) is 17.0 Å². The fourth-order valence-electron chi connectivity index (χ4n) is 2.84. The molecule has 0 unspecified atom stereocenters. The van der Waals surface area contributed by atoms with E-state index in [4.69, 9.17) is 14.0 Å². The van der Waals surface area contributed by atoms with E-state index in [0.29, 0.717) is 17.0 Å². The van der Waals surface area contributed by atoms with E-state index < -0.39 is 5.97 Å². The van der Waals surface area contributed by atoms with Gasteiger partial charge in [0.15, 0.2) is 12.4 Å². The van der Waals surface area contributed by atoms with E-state index in [1.807, 2.05) is 41.7 Å². The molecule has 0 atom stereocenters. The number of methoxy groups -OCH3 is 1. The Bertz CT molecular complexity index is 1100. The first kappa shape index (κ1) is 16.8. The van der Waals surface area contributed by atoms with E-state index in [1.54, 1.807) is 31.8 Å². The standard InChI is InChI=1S/C20H17N3O4/c1-13-18(8-5-15-10-21-12-23(13)15)20(24)26-11-17-9-19(22-27-17)14-3-6-16(25-2)7-4-14/h3-10,12H,11H2,1-2H3. The van der Waals surface area contributed by atoms with Gasteiger partial charge in [-0.25, -0.2) is 9.78 Å². The lowest BCUT2D eigenvalue weighted by atomic mass is 10.1. The molecule has 7 heteroatoms. The summed E-state index contributed by atoms with van der Waals surface area (Å²) in [5, 5.41) is 4.02. The Hall–Kier alpha value is -3.61. The van der Waals surface area contributed by atoms with Gasteiger partial charge in [-0.15, -0.1) is 0 Å². The zero-order valence-corrected chi connectivity index (χ0v) is 14.9. The number of pyridine rings is 1. The van der Waals surface area contributed by atoms with Crippen molar-refractivity contribution in [3.05, 3.63) is 72.0 Å². The molecule has 136 valence electrons. The van der Waals surface area contributed by atoms with Crippen molar-refractivity contribution in [1.82, 2.24) is 14.5 Å². The molecule has 0 N–H and O–H groups in total. The van der Waals surface area contributed by atoms with Gasteiger partial charge in [0.05, 0.1) is 30.7 Å². The average molecular weight is 363 g/mol. The van der Waals surface area contributed by atoms with Crippen LogP contribution in [0.3, 0.4) is 0 Å². The molecular weight excluding hydrogens is 346 g/mol. The van der Waals surface area contributed by atoms with Crippen LogP contribution in [0.4, 0.5) is 0 Å². The van der Waals surface area contributed by atoms with Gasteiger partial charge in [0, 0.05) is 17.3 Å². The van der Waals surface area contributed by atoms with Crippen molar-refractivity contribution >= 4 is 11.5 Å². The van der Waals surface area contributed by atoms with Crippen LogP contribution in [0.2, 0.25) is 0 Å². The number of carbonyl (C=O) groups is 1. The lowest BCUT2D eigenvalue weighted by molar-refractivity contribution is 0.0436. The molecule has 0 bridgehead atoms. The Morgan fingerprint density at radius 3 is 2.78 bits per heavy atom. The highest BCUT2D eigenvalue weighted by atomic mass is 16.5. The van der Waals surface area contributed by atoms with E-state index in [2.05, 4.69) is 10.1 Å². The SMILES string of the molecule is COc1ccc(-c2cc(COC(=O)c3ccc4cncn4c3C)on2)cc1. The van der Waals surface area contributed by atoms with E-state index in [-0.39, 0.29) is 6.61 Å². The fourth-order valence-corrected chi connectivity index (χ4v) is 2.84. The van der Waals surface area contributed by atoms with Crippen molar-refractivity contribution in [1.29, 1.82) is 0 Å². The lowest BCUT2D eigenvalue weighted by Gasteiger charge is -2.07. The summed E-state index contributed by atoms with van der Waals surface area (Å²) >= 11 is 0. The van der Waals surface area contributed by atoms with Gasteiger partial charge in [0.25, 0.3) is 0 Å². The first-order valence-corrected chi connectivity index (χ1v) is 8.34. The molecule has 0 fully saturated rings. The number of nitrogens with zero attached hydrogens (tertiary/aromatic N) is 3. The smallest absolute Gasteiger partial charge is 0.340 e. The summed E-state index contributed by atoms with van der Waals surface area (Å²) in [6.07, 6.45) is 3.40. The van der Waals surface area contributed by atoms with Crippen molar-refractivity contribution in [2.75, 3.05) is 7.11 Å². The van der Waals surface area contributed by atoms with Crippen LogP contribution in [-0.2, 0) is 11.3 Å². The van der Waals surface area contributed by atoms with Gasteiger partial charge in [-0.2, -0.15) is 0 Å². The fraction of sp³-hybridized carbons (Fsp3) is 0.150. The molecule has 3 heterocycles. The van der Waals surface area contributed by atoms with Gasteiger partial charge < -0.3 is 18.4 Å². The summed E-state index contributed by atoms with van der Waals surface area (Å²) in [5.41, 5.74) is 3.73. The number of carbonyl (C=O) groups excluding carboxylic acids is 1. The minimum Gasteiger partial charge on any atom is -0.497 e. The van der Waals surface area contributed by atoms with Gasteiger partial charge in [0.1, 0.15) is 11.4 Å². The maximum atomic E-state index is 12.4. The van der Waals surface area contributed by atoms with Crippen molar-refractivity contribution < 1.29 is 18.8 Å². The Kier molecular flexibility index (Phi) is 4.33. The minimum atomic E-state index is -0.425. The molecule has 0 aliphatic heterocycles. The molecule has 0 spiro atoms. The van der Waals surface area contributed by atoms with E-state index in [0.717, 1.165) is 22.5 Å². The molecule has 0 saturated carbocycles. The molecule has 0 aliphatic carbocycles. The summed E-state index contributed by atoms with van der Waals surface area (Å²) < 4.78 is 17.6. The summed E-state index contributed by atoms with van der Waals surface area (Å²) in [7, 11) is 1.61. The number of imidazole rings is 1. The molecule has 0 radical (unpaired) electrons. The number of aryl methyl sites for hydroxylation is 1. The molecule has 0 saturated heterocycles. The zero-order valence-electron chi connectivity index (χ0n) is 14.9. The lowest BCUT2D eigenvalue weighted by Crippen LogP contribution is -2.09. The van der Waals surface area contributed by atoms with Gasteiger partial charge in [-0.3, -0.25) is 0 Å². The molecule has 1 aromatic carbocycles. The third kappa shape index (κ3) is 3.27. The normalized spacial score (nSPS) is 10.9. The summed E-state index contributed by atoms with van der Waals surface area (Å²) in [5.74, 6) is 0.808. The van der Waals surface area contributed by atoms with Crippen LogP contribution >= 0.6 is 0 Å². The highest BCUT2D eigenvalue weighted by molar-refractivity contribution is 5.91. The number of rotatable bonds is 5. The molecule has 3 aromatic heterocycles. The van der Waals surface area contributed by atoms with E-state index in [9.17, 15) is 4.79 Å². The predicted octanol–water partition coefficient (Wildman–Crippen LogP) is 3.66. The third-order valence-electron chi connectivity index (χ3n) is 4.35. The maximum Gasteiger partial charge on any atom is 0.340 e. The average Bonchev–Trinajstić information content (AvgIpc) is 3.36. The number of hydrogen-bond acceptors (Lipinski definition) is 6. The van der Waals surface area contributed by atoms with E-state index >= 15 is 0 Å². The molecule has 27 heavy (non-hydrogen) atoms. The van der Waals surface area contributed by atoms with Crippen LogP contribution in [0.1, 0.15) is 21.8 Å². The number of hydrogen-bond donors (Lipinski definition) is 0. The summed E-state index contributed by atoms with van der Waals surface area (Å²) in [4.78, 5) is 16.5. The monoisotopic (exact) mass is 363 g/mol. The first-order valence-electron chi connectivity index (χ1n) is 8.34. The van der Waals surface area contributed by atoms with Crippen LogP contribution in [0.25, 0.3) is 16.8 Å². The molecular formula is C20H17N3O4. The van der Waals surface area contributed by atoms with Crippen molar-refractivity contribution in [3.63, 3.8) is 0 Å².